The first-order chi connectivity index (χ1) is 12.1. The van der Waals surface area contributed by atoms with Crippen LogP contribution in [0.25, 0.3) is 5.69 Å². The third-order valence-corrected chi connectivity index (χ3v) is 5.09. The molecule has 0 aliphatic heterocycles. The Labute approximate surface area is 148 Å². The molecule has 0 amide bonds. The fourth-order valence-corrected chi connectivity index (χ4v) is 3.58. The quantitative estimate of drug-likeness (QED) is 0.867. The van der Waals surface area contributed by atoms with Gasteiger partial charge in [-0.2, -0.15) is 4.98 Å². The number of hydrogen-bond acceptors (Lipinski definition) is 5. The van der Waals surface area contributed by atoms with Crippen LogP contribution in [0, 0.1) is 0 Å². The summed E-state index contributed by atoms with van der Waals surface area (Å²) >= 11 is 0. The largest absolute Gasteiger partial charge is 0.383 e. The van der Waals surface area contributed by atoms with Gasteiger partial charge < -0.3 is 11.5 Å². The number of nitrogen functional groups attached to an aromatic ring is 1. The predicted molar refractivity (Wildman–Crippen MR) is 101 cm³/mol. The highest BCUT2D eigenvalue weighted by molar-refractivity contribution is 5.36. The van der Waals surface area contributed by atoms with Gasteiger partial charge in [0, 0.05) is 24.8 Å². The SMILES string of the molecule is CCN(Cc1ccc(-n2ccc(N)nc2=O)cc1)C1CCC(N)CC1. The third-order valence-electron chi connectivity index (χ3n) is 5.09. The van der Waals surface area contributed by atoms with Gasteiger partial charge in [0.2, 0.25) is 0 Å². The van der Waals surface area contributed by atoms with Crippen LogP contribution in [0.2, 0.25) is 0 Å². The Balaban J connectivity index is 1.70. The van der Waals surface area contributed by atoms with Gasteiger partial charge in [-0.25, -0.2) is 4.79 Å². The van der Waals surface area contributed by atoms with Gasteiger partial charge >= 0.3 is 5.69 Å². The maximum atomic E-state index is 11.9. The Morgan fingerprint density at radius 1 is 1.16 bits per heavy atom. The number of hydrogen-bond donors (Lipinski definition) is 2. The topological polar surface area (TPSA) is 90.2 Å². The van der Waals surface area contributed by atoms with E-state index in [4.69, 9.17) is 11.5 Å². The molecule has 0 unspecified atom stereocenters. The standard InChI is InChI=1S/C19H27N5O/c1-2-23(16-9-5-15(20)6-10-16)13-14-3-7-17(8-4-14)24-12-11-18(21)22-19(24)25/h3-4,7-8,11-12,15-16H,2,5-6,9-10,13,20H2,1H3,(H2,21,22,25). The Kier molecular flexibility index (Phi) is 5.50. The van der Waals surface area contributed by atoms with Gasteiger partial charge in [-0.05, 0) is 56.0 Å². The molecule has 3 rings (SSSR count). The van der Waals surface area contributed by atoms with Gasteiger partial charge in [0.15, 0.2) is 0 Å². The van der Waals surface area contributed by atoms with Crippen molar-refractivity contribution in [2.24, 2.45) is 5.73 Å². The van der Waals surface area contributed by atoms with Crippen molar-refractivity contribution in [3.05, 3.63) is 52.6 Å². The molecular formula is C19H27N5O. The van der Waals surface area contributed by atoms with Crippen molar-refractivity contribution < 1.29 is 0 Å². The normalized spacial score (nSPS) is 20.8. The van der Waals surface area contributed by atoms with Crippen LogP contribution in [0.5, 0.6) is 0 Å². The van der Waals surface area contributed by atoms with Gasteiger partial charge in [-0.3, -0.25) is 9.47 Å². The molecule has 0 radical (unpaired) electrons. The highest BCUT2D eigenvalue weighted by Crippen LogP contribution is 2.23. The van der Waals surface area contributed by atoms with Crippen LogP contribution in [0.3, 0.4) is 0 Å². The molecule has 0 saturated heterocycles. The lowest BCUT2D eigenvalue weighted by Gasteiger charge is -2.35. The first-order valence-electron chi connectivity index (χ1n) is 9.01. The molecule has 1 saturated carbocycles. The van der Waals surface area contributed by atoms with Crippen LogP contribution in [-0.2, 0) is 6.54 Å². The molecule has 1 fully saturated rings. The molecule has 2 aromatic rings. The van der Waals surface area contributed by atoms with Crippen LogP contribution in [0.15, 0.2) is 41.3 Å². The summed E-state index contributed by atoms with van der Waals surface area (Å²) in [6.07, 6.45) is 6.25. The van der Waals surface area contributed by atoms with Crippen molar-refractivity contribution in [1.29, 1.82) is 0 Å². The monoisotopic (exact) mass is 341 g/mol. The number of aromatic nitrogens is 2. The molecule has 6 nitrogen and oxygen atoms in total. The molecule has 1 heterocycles. The molecule has 134 valence electrons. The number of anilines is 1. The van der Waals surface area contributed by atoms with Gasteiger partial charge in [-0.1, -0.05) is 19.1 Å². The number of nitrogens with zero attached hydrogens (tertiary/aromatic N) is 3. The van der Waals surface area contributed by atoms with Crippen molar-refractivity contribution in [2.45, 2.75) is 51.2 Å². The maximum absolute atomic E-state index is 11.9. The minimum atomic E-state index is -0.360. The number of rotatable bonds is 5. The molecule has 1 aromatic heterocycles. The lowest BCUT2D eigenvalue weighted by molar-refractivity contribution is 0.149. The minimum absolute atomic E-state index is 0.239. The zero-order valence-corrected chi connectivity index (χ0v) is 14.8. The van der Waals surface area contributed by atoms with E-state index >= 15 is 0 Å². The van der Waals surface area contributed by atoms with E-state index < -0.39 is 0 Å². The molecule has 1 aliphatic rings. The van der Waals surface area contributed by atoms with Crippen molar-refractivity contribution in [3.8, 4) is 5.69 Å². The van der Waals surface area contributed by atoms with Crippen molar-refractivity contribution in [2.75, 3.05) is 12.3 Å². The second-order valence-electron chi connectivity index (χ2n) is 6.80. The van der Waals surface area contributed by atoms with E-state index in [9.17, 15) is 4.79 Å². The van der Waals surface area contributed by atoms with Gasteiger partial charge in [0.25, 0.3) is 0 Å². The minimum Gasteiger partial charge on any atom is -0.383 e. The fourth-order valence-electron chi connectivity index (χ4n) is 3.58. The van der Waals surface area contributed by atoms with Gasteiger partial charge in [0.05, 0.1) is 5.69 Å². The summed E-state index contributed by atoms with van der Waals surface area (Å²) in [6, 6.07) is 10.7. The predicted octanol–water partition coefficient (Wildman–Crippen LogP) is 1.91. The summed E-state index contributed by atoms with van der Waals surface area (Å²) in [5.74, 6) is 0.239. The Bertz CT molecular complexity index is 747. The fraction of sp³-hybridized carbons (Fsp3) is 0.474. The molecule has 25 heavy (non-hydrogen) atoms. The Hall–Kier alpha value is -2.18. The lowest BCUT2D eigenvalue weighted by Crippen LogP contribution is -2.40. The molecule has 0 spiro atoms. The first kappa shape index (κ1) is 17.6. The van der Waals surface area contributed by atoms with Crippen LogP contribution < -0.4 is 17.2 Å². The molecule has 6 heteroatoms. The van der Waals surface area contributed by atoms with E-state index in [1.165, 1.54) is 23.0 Å². The van der Waals surface area contributed by atoms with Crippen LogP contribution >= 0.6 is 0 Å². The van der Waals surface area contributed by atoms with Gasteiger partial charge in [0.1, 0.15) is 5.82 Å². The van der Waals surface area contributed by atoms with E-state index in [0.29, 0.717) is 12.1 Å². The Morgan fingerprint density at radius 2 is 1.84 bits per heavy atom. The van der Waals surface area contributed by atoms with Crippen molar-refractivity contribution in [1.82, 2.24) is 14.5 Å². The lowest BCUT2D eigenvalue weighted by atomic mass is 9.90. The van der Waals surface area contributed by atoms with E-state index in [0.717, 1.165) is 31.6 Å². The van der Waals surface area contributed by atoms with Crippen LogP contribution in [-0.4, -0.2) is 33.1 Å². The second kappa shape index (κ2) is 7.80. The molecule has 1 aromatic carbocycles. The van der Waals surface area contributed by atoms with Crippen LogP contribution in [0.1, 0.15) is 38.2 Å². The highest BCUT2D eigenvalue weighted by Gasteiger charge is 2.23. The third kappa shape index (κ3) is 4.27. The van der Waals surface area contributed by atoms with E-state index in [1.807, 2.05) is 12.1 Å². The number of benzene rings is 1. The zero-order valence-electron chi connectivity index (χ0n) is 14.8. The molecule has 4 N–H and O–H groups in total. The molecule has 1 aliphatic carbocycles. The zero-order chi connectivity index (χ0) is 17.8. The van der Waals surface area contributed by atoms with Crippen molar-refractivity contribution >= 4 is 5.82 Å². The Morgan fingerprint density at radius 3 is 2.44 bits per heavy atom. The molecule has 0 bridgehead atoms. The second-order valence-corrected chi connectivity index (χ2v) is 6.80. The summed E-state index contributed by atoms with van der Waals surface area (Å²) < 4.78 is 1.50. The van der Waals surface area contributed by atoms with Gasteiger partial charge in [-0.15, -0.1) is 0 Å². The van der Waals surface area contributed by atoms with E-state index in [2.05, 4.69) is 28.9 Å². The average molecular weight is 341 g/mol. The first-order valence-corrected chi connectivity index (χ1v) is 9.01. The van der Waals surface area contributed by atoms with E-state index in [-0.39, 0.29) is 11.5 Å². The number of nitrogens with two attached hydrogens (primary N) is 2. The summed E-state index contributed by atoms with van der Waals surface area (Å²) in [4.78, 5) is 18.2. The highest BCUT2D eigenvalue weighted by atomic mass is 16.1. The van der Waals surface area contributed by atoms with Crippen molar-refractivity contribution in [3.63, 3.8) is 0 Å². The summed E-state index contributed by atoms with van der Waals surface area (Å²) in [7, 11) is 0. The van der Waals surface area contributed by atoms with E-state index in [1.54, 1.807) is 12.3 Å². The molecular weight excluding hydrogens is 314 g/mol. The molecule has 0 atom stereocenters. The summed E-state index contributed by atoms with van der Waals surface area (Å²) in [5, 5.41) is 0. The smallest absolute Gasteiger partial charge is 0.354 e. The van der Waals surface area contributed by atoms with Crippen LogP contribution in [0.4, 0.5) is 5.82 Å². The summed E-state index contributed by atoms with van der Waals surface area (Å²) in [5.41, 5.74) is 13.3. The summed E-state index contributed by atoms with van der Waals surface area (Å²) in [6.45, 7) is 4.16. The maximum Gasteiger partial charge on any atom is 0.354 e. The average Bonchev–Trinajstić information content (AvgIpc) is 2.61.